The van der Waals surface area contributed by atoms with Crippen LogP contribution in [-0.4, -0.2) is 42.7 Å². The molecule has 1 N–H and O–H groups in total. The average molecular weight is 249 g/mol. The van der Waals surface area contributed by atoms with Crippen LogP contribution >= 0.6 is 0 Å². The van der Waals surface area contributed by atoms with Crippen molar-refractivity contribution >= 4 is 5.82 Å². The summed E-state index contributed by atoms with van der Waals surface area (Å²) in [6.45, 7) is 4.76. The Hall–Kier alpha value is -1.29. The normalized spacial score (nSPS) is 14.8. The molecule has 0 bridgehead atoms. The monoisotopic (exact) mass is 249 g/mol. The maximum atomic E-state index is 5.68. The highest BCUT2D eigenvalue weighted by molar-refractivity contribution is 5.36. The van der Waals surface area contributed by atoms with Gasteiger partial charge in [0.2, 0.25) is 5.88 Å². The number of hydrogen-bond acceptors (Lipinski definition) is 4. The molecule has 0 unspecified atom stereocenters. The van der Waals surface area contributed by atoms with E-state index in [1.54, 1.807) is 0 Å². The van der Waals surface area contributed by atoms with Crippen molar-refractivity contribution in [3.8, 4) is 5.88 Å². The molecule has 100 valence electrons. The topological polar surface area (TPSA) is 37.4 Å². The summed E-state index contributed by atoms with van der Waals surface area (Å²) in [6.07, 6.45) is 3.77. The van der Waals surface area contributed by atoms with E-state index in [1.807, 2.05) is 18.2 Å². The van der Waals surface area contributed by atoms with Gasteiger partial charge >= 0.3 is 0 Å². The van der Waals surface area contributed by atoms with Crippen LogP contribution in [0.15, 0.2) is 18.2 Å². The molecule has 4 heteroatoms. The summed E-state index contributed by atoms with van der Waals surface area (Å²) in [6, 6.07) is 6.65. The van der Waals surface area contributed by atoms with E-state index >= 15 is 0 Å². The highest BCUT2D eigenvalue weighted by atomic mass is 16.5. The molecular formula is C14H23N3O. The van der Waals surface area contributed by atoms with Crippen molar-refractivity contribution in [2.24, 2.45) is 0 Å². The summed E-state index contributed by atoms with van der Waals surface area (Å²) < 4.78 is 5.68. The largest absolute Gasteiger partial charge is 0.476 e. The van der Waals surface area contributed by atoms with Crippen molar-refractivity contribution in [1.29, 1.82) is 0 Å². The van der Waals surface area contributed by atoms with E-state index in [1.165, 1.54) is 12.8 Å². The van der Waals surface area contributed by atoms with E-state index < -0.39 is 0 Å². The molecule has 1 fully saturated rings. The Morgan fingerprint density at radius 2 is 2.28 bits per heavy atom. The third-order valence-corrected chi connectivity index (χ3v) is 3.14. The predicted octanol–water partition coefficient (Wildman–Crippen LogP) is 2.38. The molecule has 1 heterocycles. The molecule has 1 saturated carbocycles. The van der Waals surface area contributed by atoms with Crippen LogP contribution in [0.5, 0.6) is 5.88 Å². The first kappa shape index (κ1) is 13.1. The summed E-state index contributed by atoms with van der Waals surface area (Å²) in [5.41, 5.74) is 0. The van der Waals surface area contributed by atoms with Gasteiger partial charge in [0, 0.05) is 25.2 Å². The lowest BCUT2D eigenvalue weighted by Gasteiger charge is -2.15. The molecule has 1 aliphatic carbocycles. The lowest BCUT2D eigenvalue weighted by Crippen LogP contribution is -2.26. The molecular weight excluding hydrogens is 226 g/mol. The molecule has 2 rings (SSSR count). The van der Waals surface area contributed by atoms with E-state index in [0.717, 1.165) is 31.4 Å². The van der Waals surface area contributed by atoms with Crippen LogP contribution in [0, 0.1) is 0 Å². The number of likely N-dealkylation sites (N-methyl/N-ethyl adjacent to an activating group) is 1. The zero-order chi connectivity index (χ0) is 12.8. The predicted molar refractivity (Wildman–Crippen MR) is 74.2 cm³/mol. The number of ether oxygens (including phenoxy) is 1. The quantitative estimate of drug-likeness (QED) is 0.767. The van der Waals surface area contributed by atoms with Gasteiger partial charge in [0.1, 0.15) is 12.4 Å². The van der Waals surface area contributed by atoms with Gasteiger partial charge in [-0.1, -0.05) is 13.0 Å². The first-order valence-electron chi connectivity index (χ1n) is 6.83. The van der Waals surface area contributed by atoms with Crippen molar-refractivity contribution in [3.63, 3.8) is 0 Å². The van der Waals surface area contributed by atoms with Gasteiger partial charge in [-0.3, -0.25) is 0 Å². The third kappa shape index (κ3) is 4.18. The van der Waals surface area contributed by atoms with Gasteiger partial charge < -0.3 is 15.0 Å². The Kier molecular flexibility index (Phi) is 4.81. The Morgan fingerprint density at radius 1 is 1.44 bits per heavy atom. The Bertz CT molecular complexity index is 366. The zero-order valence-corrected chi connectivity index (χ0v) is 11.4. The summed E-state index contributed by atoms with van der Waals surface area (Å²) in [4.78, 5) is 6.78. The number of rotatable bonds is 8. The summed E-state index contributed by atoms with van der Waals surface area (Å²) >= 11 is 0. The van der Waals surface area contributed by atoms with Crippen LogP contribution in [0.2, 0.25) is 0 Å². The molecule has 0 saturated heterocycles. The van der Waals surface area contributed by atoms with E-state index in [0.29, 0.717) is 12.5 Å². The van der Waals surface area contributed by atoms with Crippen LogP contribution in [0.3, 0.4) is 0 Å². The van der Waals surface area contributed by atoms with E-state index in [9.17, 15) is 0 Å². The second kappa shape index (κ2) is 6.59. The number of nitrogens with one attached hydrogen (secondary N) is 1. The van der Waals surface area contributed by atoms with Crippen LogP contribution in [0.4, 0.5) is 5.82 Å². The highest BCUT2D eigenvalue weighted by Gasteiger charge is 2.25. The van der Waals surface area contributed by atoms with Crippen LogP contribution in [-0.2, 0) is 0 Å². The minimum Gasteiger partial charge on any atom is -0.476 e. The van der Waals surface area contributed by atoms with E-state index in [4.69, 9.17) is 4.74 Å². The zero-order valence-electron chi connectivity index (χ0n) is 11.4. The lowest BCUT2D eigenvalue weighted by atomic mass is 10.4. The molecule has 1 aromatic rings. The van der Waals surface area contributed by atoms with Gasteiger partial charge in [0.05, 0.1) is 0 Å². The van der Waals surface area contributed by atoms with Gasteiger partial charge in [-0.05, 0) is 32.4 Å². The summed E-state index contributed by atoms with van der Waals surface area (Å²) in [7, 11) is 2.16. The number of pyridine rings is 1. The Morgan fingerprint density at radius 3 is 3.00 bits per heavy atom. The Labute approximate surface area is 109 Å². The smallest absolute Gasteiger partial charge is 0.215 e. The van der Waals surface area contributed by atoms with E-state index in [-0.39, 0.29) is 0 Å². The molecule has 1 aromatic heterocycles. The highest BCUT2D eigenvalue weighted by Crippen LogP contribution is 2.24. The molecule has 0 aliphatic heterocycles. The van der Waals surface area contributed by atoms with E-state index in [2.05, 4.69) is 29.2 Å². The second-order valence-electron chi connectivity index (χ2n) is 4.85. The van der Waals surface area contributed by atoms with Crippen molar-refractivity contribution in [3.05, 3.63) is 18.2 Å². The standard InChI is InChI=1S/C14H23N3O/c1-3-9-15-13-5-4-6-14(16-13)18-11-10-17(2)12-7-8-12/h4-6,12H,3,7-11H2,1-2H3,(H,15,16). The molecule has 0 atom stereocenters. The average Bonchev–Trinajstić information content (AvgIpc) is 3.21. The minimum absolute atomic E-state index is 0.706. The maximum Gasteiger partial charge on any atom is 0.215 e. The molecule has 0 amide bonds. The van der Waals surface area contributed by atoms with Crippen molar-refractivity contribution in [1.82, 2.24) is 9.88 Å². The number of anilines is 1. The number of aromatic nitrogens is 1. The van der Waals surface area contributed by atoms with Gasteiger partial charge in [-0.15, -0.1) is 0 Å². The summed E-state index contributed by atoms with van der Waals surface area (Å²) in [5, 5.41) is 3.26. The molecule has 0 spiro atoms. The molecule has 1 aliphatic rings. The van der Waals surface area contributed by atoms with Gasteiger partial charge in [-0.25, -0.2) is 0 Å². The fourth-order valence-electron chi connectivity index (χ4n) is 1.84. The molecule has 4 nitrogen and oxygen atoms in total. The second-order valence-corrected chi connectivity index (χ2v) is 4.85. The van der Waals surface area contributed by atoms with Crippen LogP contribution < -0.4 is 10.1 Å². The molecule has 18 heavy (non-hydrogen) atoms. The van der Waals surface area contributed by atoms with Gasteiger partial charge in [0.15, 0.2) is 0 Å². The van der Waals surface area contributed by atoms with Crippen molar-refractivity contribution in [2.45, 2.75) is 32.2 Å². The Balaban J connectivity index is 1.73. The number of nitrogens with zero attached hydrogens (tertiary/aromatic N) is 2. The van der Waals surface area contributed by atoms with Crippen molar-refractivity contribution < 1.29 is 4.74 Å². The SMILES string of the molecule is CCCNc1cccc(OCCN(C)C2CC2)n1. The molecule has 0 radical (unpaired) electrons. The van der Waals surface area contributed by atoms with Crippen LogP contribution in [0.1, 0.15) is 26.2 Å². The molecule has 0 aromatic carbocycles. The maximum absolute atomic E-state index is 5.68. The first-order valence-corrected chi connectivity index (χ1v) is 6.83. The summed E-state index contributed by atoms with van der Waals surface area (Å²) in [5.74, 6) is 1.60. The van der Waals surface area contributed by atoms with Crippen molar-refractivity contribution in [2.75, 3.05) is 32.1 Å². The minimum atomic E-state index is 0.706. The van der Waals surface area contributed by atoms with Crippen LogP contribution in [0.25, 0.3) is 0 Å². The van der Waals surface area contributed by atoms with Gasteiger partial charge in [-0.2, -0.15) is 4.98 Å². The first-order chi connectivity index (χ1) is 8.79. The number of hydrogen-bond donors (Lipinski definition) is 1. The fourth-order valence-corrected chi connectivity index (χ4v) is 1.84. The van der Waals surface area contributed by atoms with Gasteiger partial charge in [0.25, 0.3) is 0 Å². The third-order valence-electron chi connectivity index (χ3n) is 3.14. The lowest BCUT2D eigenvalue weighted by molar-refractivity contribution is 0.226. The fraction of sp³-hybridized carbons (Fsp3) is 0.643.